The molecule has 1 aromatic rings. The SMILES string of the molecule is CN=C(NCc1ccc(F)c(CN(C)C)c1)N1CC(C)C(C(=O)OC)C1. The molecule has 2 rings (SSSR count). The topological polar surface area (TPSA) is 57.2 Å². The monoisotopic (exact) mass is 364 g/mol. The highest BCUT2D eigenvalue weighted by molar-refractivity contribution is 5.82. The van der Waals surface area contributed by atoms with Gasteiger partial charge >= 0.3 is 5.97 Å². The number of nitrogens with zero attached hydrogens (tertiary/aromatic N) is 3. The first kappa shape index (κ1) is 20.2. The summed E-state index contributed by atoms with van der Waals surface area (Å²) >= 11 is 0. The van der Waals surface area contributed by atoms with Crippen LogP contribution < -0.4 is 5.32 Å². The summed E-state index contributed by atoms with van der Waals surface area (Å²) in [7, 11) is 6.97. The van der Waals surface area contributed by atoms with Crippen molar-refractivity contribution in [2.24, 2.45) is 16.8 Å². The predicted octanol–water partition coefficient (Wildman–Crippen LogP) is 1.70. The average molecular weight is 364 g/mol. The van der Waals surface area contributed by atoms with Gasteiger partial charge in [0.2, 0.25) is 0 Å². The molecule has 1 aromatic carbocycles. The van der Waals surface area contributed by atoms with E-state index in [0.717, 1.165) is 18.1 Å². The normalized spacial score (nSPS) is 20.6. The number of hydrogen-bond acceptors (Lipinski definition) is 4. The maximum atomic E-state index is 13.9. The molecule has 7 heteroatoms. The lowest BCUT2D eigenvalue weighted by atomic mass is 9.99. The molecule has 0 aliphatic carbocycles. The van der Waals surface area contributed by atoms with Gasteiger partial charge in [-0.1, -0.05) is 13.0 Å². The number of halogens is 1. The van der Waals surface area contributed by atoms with E-state index < -0.39 is 0 Å². The Morgan fingerprint density at radius 2 is 2.15 bits per heavy atom. The van der Waals surface area contributed by atoms with Crippen LogP contribution in [-0.4, -0.2) is 63.1 Å². The van der Waals surface area contributed by atoms with Gasteiger partial charge in [0, 0.05) is 38.8 Å². The van der Waals surface area contributed by atoms with E-state index >= 15 is 0 Å². The second-order valence-corrected chi connectivity index (χ2v) is 7.08. The maximum Gasteiger partial charge on any atom is 0.310 e. The van der Waals surface area contributed by atoms with Crippen LogP contribution in [0.5, 0.6) is 0 Å². The summed E-state index contributed by atoms with van der Waals surface area (Å²) in [5.74, 6) is 0.430. The van der Waals surface area contributed by atoms with Crippen LogP contribution in [0.15, 0.2) is 23.2 Å². The summed E-state index contributed by atoms with van der Waals surface area (Å²) in [4.78, 5) is 20.2. The van der Waals surface area contributed by atoms with Crippen LogP contribution in [0.4, 0.5) is 4.39 Å². The third-order valence-electron chi connectivity index (χ3n) is 4.67. The van der Waals surface area contributed by atoms with Crippen LogP contribution in [0.3, 0.4) is 0 Å². The summed E-state index contributed by atoms with van der Waals surface area (Å²) in [5, 5.41) is 3.31. The average Bonchev–Trinajstić information content (AvgIpc) is 2.98. The number of esters is 1. The van der Waals surface area contributed by atoms with Crippen LogP contribution in [0, 0.1) is 17.7 Å². The van der Waals surface area contributed by atoms with Gasteiger partial charge in [-0.25, -0.2) is 4.39 Å². The van der Waals surface area contributed by atoms with E-state index in [9.17, 15) is 9.18 Å². The molecule has 0 spiro atoms. The van der Waals surface area contributed by atoms with Crippen molar-refractivity contribution in [2.75, 3.05) is 41.3 Å². The lowest BCUT2D eigenvalue weighted by Gasteiger charge is -2.22. The number of ether oxygens (including phenoxy) is 1. The molecule has 2 unspecified atom stereocenters. The Kier molecular flexibility index (Phi) is 6.97. The zero-order valence-corrected chi connectivity index (χ0v) is 16.3. The van der Waals surface area contributed by atoms with E-state index in [1.807, 2.05) is 32.0 Å². The highest BCUT2D eigenvalue weighted by Gasteiger charge is 2.36. The number of carbonyl (C=O) groups is 1. The van der Waals surface area contributed by atoms with Crippen molar-refractivity contribution < 1.29 is 13.9 Å². The number of rotatable bonds is 5. The second kappa shape index (κ2) is 8.98. The van der Waals surface area contributed by atoms with Crippen molar-refractivity contribution in [3.8, 4) is 0 Å². The fourth-order valence-corrected chi connectivity index (χ4v) is 3.31. The summed E-state index contributed by atoms with van der Waals surface area (Å²) in [5.41, 5.74) is 1.66. The van der Waals surface area contributed by atoms with Crippen molar-refractivity contribution >= 4 is 11.9 Å². The van der Waals surface area contributed by atoms with Gasteiger partial charge in [-0.3, -0.25) is 9.79 Å². The second-order valence-electron chi connectivity index (χ2n) is 7.08. The first-order chi connectivity index (χ1) is 12.3. The minimum absolute atomic E-state index is 0.143. The van der Waals surface area contributed by atoms with Crippen molar-refractivity contribution in [3.05, 3.63) is 35.1 Å². The molecule has 6 nitrogen and oxygen atoms in total. The number of guanidine groups is 1. The quantitative estimate of drug-likeness (QED) is 0.490. The number of likely N-dealkylation sites (tertiary alicyclic amines) is 1. The molecule has 0 bridgehead atoms. The van der Waals surface area contributed by atoms with Gasteiger partial charge in [-0.2, -0.15) is 0 Å². The van der Waals surface area contributed by atoms with Crippen LogP contribution in [0.2, 0.25) is 0 Å². The van der Waals surface area contributed by atoms with Crippen LogP contribution >= 0.6 is 0 Å². The molecule has 1 saturated heterocycles. The van der Waals surface area contributed by atoms with Gasteiger partial charge < -0.3 is 19.9 Å². The molecule has 0 radical (unpaired) electrons. The van der Waals surface area contributed by atoms with Crippen molar-refractivity contribution in [1.82, 2.24) is 15.1 Å². The smallest absolute Gasteiger partial charge is 0.310 e. The van der Waals surface area contributed by atoms with Crippen LogP contribution in [0.1, 0.15) is 18.1 Å². The Bertz CT molecular complexity index is 663. The summed E-state index contributed by atoms with van der Waals surface area (Å²) in [6, 6.07) is 5.15. The van der Waals surface area contributed by atoms with Crippen LogP contribution in [0.25, 0.3) is 0 Å². The summed E-state index contributed by atoms with van der Waals surface area (Å²) in [6.07, 6.45) is 0. The first-order valence-corrected chi connectivity index (χ1v) is 8.81. The molecule has 1 aliphatic heterocycles. The molecular weight excluding hydrogens is 335 g/mol. The molecule has 0 amide bonds. The molecule has 26 heavy (non-hydrogen) atoms. The zero-order chi connectivity index (χ0) is 19.3. The molecule has 1 fully saturated rings. The van der Waals surface area contributed by atoms with Crippen molar-refractivity contribution in [1.29, 1.82) is 0 Å². The highest BCUT2D eigenvalue weighted by Crippen LogP contribution is 2.24. The number of benzene rings is 1. The van der Waals surface area contributed by atoms with Crippen molar-refractivity contribution in [3.63, 3.8) is 0 Å². The maximum absolute atomic E-state index is 13.9. The van der Waals surface area contributed by atoms with E-state index in [2.05, 4.69) is 15.2 Å². The van der Waals surface area contributed by atoms with E-state index in [4.69, 9.17) is 4.74 Å². The number of methoxy groups -OCH3 is 1. The van der Waals surface area contributed by atoms with E-state index in [1.54, 1.807) is 13.1 Å². The van der Waals surface area contributed by atoms with Gasteiger partial charge in [0.15, 0.2) is 5.96 Å². The predicted molar refractivity (Wildman–Crippen MR) is 100 cm³/mol. The summed E-state index contributed by atoms with van der Waals surface area (Å²) < 4.78 is 18.8. The minimum atomic E-state index is -0.193. The largest absolute Gasteiger partial charge is 0.469 e. The molecule has 1 aliphatic rings. The lowest BCUT2D eigenvalue weighted by molar-refractivity contribution is -0.145. The zero-order valence-electron chi connectivity index (χ0n) is 16.3. The van der Waals surface area contributed by atoms with Gasteiger partial charge in [-0.15, -0.1) is 0 Å². The third kappa shape index (κ3) is 4.94. The molecule has 1 N–H and O–H groups in total. The van der Waals surface area contributed by atoms with E-state index in [-0.39, 0.29) is 23.6 Å². The molecular formula is C19H29FN4O2. The molecule has 2 atom stereocenters. The summed E-state index contributed by atoms with van der Waals surface area (Å²) in [6.45, 7) is 4.47. The molecule has 0 aromatic heterocycles. The number of hydrogen-bond donors (Lipinski definition) is 1. The fraction of sp³-hybridized carbons (Fsp3) is 0.579. The Hall–Kier alpha value is -2.15. The highest BCUT2D eigenvalue weighted by atomic mass is 19.1. The standard InChI is InChI=1S/C19H29FN4O2/c1-13-10-24(12-16(13)18(25)26-5)19(21-2)22-9-14-6-7-17(20)15(8-14)11-23(3)4/h6-8,13,16H,9-12H2,1-5H3,(H,21,22). The fourth-order valence-electron chi connectivity index (χ4n) is 3.31. The van der Waals surface area contributed by atoms with Gasteiger partial charge in [0.1, 0.15) is 5.82 Å². The Morgan fingerprint density at radius 1 is 1.42 bits per heavy atom. The van der Waals surface area contributed by atoms with Gasteiger partial charge in [0.25, 0.3) is 0 Å². The first-order valence-electron chi connectivity index (χ1n) is 8.81. The van der Waals surface area contributed by atoms with Gasteiger partial charge in [-0.05, 0) is 37.7 Å². The lowest BCUT2D eigenvalue weighted by Crippen LogP contribution is -2.40. The molecule has 144 valence electrons. The third-order valence-corrected chi connectivity index (χ3v) is 4.67. The Labute approximate surface area is 155 Å². The Balaban J connectivity index is 2.01. The molecule has 1 heterocycles. The van der Waals surface area contributed by atoms with Gasteiger partial charge in [0.05, 0.1) is 13.0 Å². The molecule has 0 saturated carbocycles. The van der Waals surface area contributed by atoms with E-state index in [1.165, 1.54) is 13.2 Å². The minimum Gasteiger partial charge on any atom is -0.469 e. The number of nitrogens with one attached hydrogen (secondary N) is 1. The van der Waals surface area contributed by atoms with E-state index in [0.29, 0.717) is 25.2 Å². The van der Waals surface area contributed by atoms with Crippen LogP contribution in [-0.2, 0) is 22.6 Å². The number of carbonyl (C=O) groups excluding carboxylic acids is 1. The Morgan fingerprint density at radius 3 is 2.77 bits per heavy atom. The van der Waals surface area contributed by atoms with Crippen molar-refractivity contribution in [2.45, 2.75) is 20.0 Å². The number of aliphatic imine (C=N–C) groups is 1.